The smallest absolute Gasteiger partial charge is 0.333 e. The fraction of sp³-hybridized carbons (Fsp3) is 0.300. The van der Waals surface area contributed by atoms with Crippen LogP contribution in [-0.2, 0) is 29.1 Å². The molecule has 0 spiro atoms. The summed E-state index contributed by atoms with van der Waals surface area (Å²) in [6.07, 6.45) is -0.249. The summed E-state index contributed by atoms with van der Waals surface area (Å²) in [7, 11) is 1.74. The lowest BCUT2D eigenvalue weighted by Gasteiger charge is -2.54. The van der Waals surface area contributed by atoms with Gasteiger partial charge in [-0.25, -0.2) is 14.8 Å². The van der Waals surface area contributed by atoms with Gasteiger partial charge in [-0.1, -0.05) is 82.7 Å². The van der Waals surface area contributed by atoms with E-state index in [0.717, 1.165) is 26.7 Å². The third-order valence-electron chi connectivity index (χ3n) is 7.40. The van der Waals surface area contributed by atoms with Crippen molar-refractivity contribution in [3.8, 4) is 0 Å². The summed E-state index contributed by atoms with van der Waals surface area (Å²) in [5, 5.41) is 6.25. The molecular formula is C30H32BrN5O3. The zero-order chi connectivity index (χ0) is 27.5. The second kappa shape index (κ2) is 11.6. The molecule has 2 atom stereocenters. The molecular weight excluding hydrogens is 558 g/mol. The van der Waals surface area contributed by atoms with Gasteiger partial charge in [0.25, 0.3) is 0 Å². The zero-order valence-electron chi connectivity index (χ0n) is 22.1. The Morgan fingerprint density at radius 2 is 1.64 bits per heavy atom. The number of rotatable bonds is 6. The molecule has 5 rings (SSSR count). The van der Waals surface area contributed by atoms with E-state index in [2.05, 4.69) is 21.2 Å². The Hall–Kier alpha value is -3.69. The number of carbonyl (C=O) groups is 3. The first-order valence-electron chi connectivity index (χ1n) is 13.0. The van der Waals surface area contributed by atoms with E-state index in [9.17, 15) is 14.4 Å². The van der Waals surface area contributed by atoms with Crippen molar-refractivity contribution in [2.45, 2.75) is 38.6 Å². The number of fused-ring (bicyclic) bond motifs is 1. The summed E-state index contributed by atoms with van der Waals surface area (Å²) in [4.78, 5) is 44.4. The van der Waals surface area contributed by atoms with Crippen LogP contribution in [0.15, 0.2) is 83.3 Å². The van der Waals surface area contributed by atoms with Crippen molar-refractivity contribution in [1.82, 2.24) is 25.1 Å². The molecule has 3 aromatic rings. The summed E-state index contributed by atoms with van der Waals surface area (Å²) in [5.74, 6) is -0.268. The maximum atomic E-state index is 13.9. The molecule has 4 amide bonds. The van der Waals surface area contributed by atoms with Crippen molar-refractivity contribution in [2.24, 2.45) is 0 Å². The molecule has 0 bridgehead atoms. The number of hydrazine groups is 1. The highest BCUT2D eigenvalue weighted by molar-refractivity contribution is 9.10. The lowest BCUT2D eigenvalue weighted by Crippen LogP contribution is -2.76. The number of nitrogens with zero attached hydrogens (tertiary/aromatic N) is 4. The minimum Gasteiger partial charge on any atom is -0.333 e. The van der Waals surface area contributed by atoms with E-state index in [0.29, 0.717) is 19.5 Å². The van der Waals surface area contributed by atoms with Crippen LogP contribution in [0.5, 0.6) is 0 Å². The minimum atomic E-state index is -0.710. The first-order valence-corrected chi connectivity index (χ1v) is 13.8. The molecule has 0 radical (unpaired) electrons. The Labute approximate surface area is 237 Å². The molecule has 8 nitrogen and oxygen atoms in total. The number of halogens is 1. The number of amides is 4. The standard InChI is InChI=1S/C30H32BrN5O3/c1-21-8-6-7-11-24(21)18-34-19-27-35(26(29(34)38)16-22-9-4-3-5-10-22)28(37)20-33(2)36(27)30(39)32-17-23-12-14-25(31)15-13-23/h3-15,26-27H,16-20H2,1-2H3,(H,32,39)/t26?,27-/m1/s1. The maximum absolute atomic E-state index is 13.9. The van der Waals surface area contributed by atoms with Gasteiger partial charge < -0.3 is 15.1 Å². The van der Waals surface area contributed by atoms with E-state index < -0.39 is 12.2 Å². The van der Waals surface area contributed by atoms with Crippen molar-refractivity contribution < 1.29 is 14.4 Å². The fourth-order valence-electron chi connectivity index (χ4n) is 5.34. The number of nitrogens with one attached hydrogen (secondary N) is 1. The predicted octanol–water partition coefficient (Wildman–Crippen LogP) is 3.94. The number of likely N-dealkylation sites (N-methyl/N-ethyl adjacent to an activating group) is 1. The number of aryl methyl sites for hydroxylation is 1. The maximum Gasteiger partial charge on any atom is 0.334 e. The zero-order valence-corrected chi connectivity index (χ0v) is 23.7. The summed E-state index contributed by atoms with van der Waals surface area (Å²) >= 11 is 3.44. The van der Waals surface area contributed by atoms with Crippen LogP contribution in [0.1, 0.15) is 22.3 Å². The second-order valence-corrected chi connectivity index (χ2v) is 11.0. The summed E-state index contributed by atoms with van der Waals surface area (Å²) in [6.45, 7) is 3.01. The van der Waals surface area contributed by atoms with Crippen LogP contribution in [0.3, 0.4) is 0 Å². The Morgan fingerprint density at radius 1 is 0.949 bits per heavy atom. The summed E-state index contributed by atoms with van der Waals surface area (Å²) < 4.78 is 0.965. The van der Waals surface area contributed by atoms with Crippen molar-refractivity contribution in [2.75, 3.05) is 20.1 Å². The van der Waals surface area contributed by atoms with Gasteiger partial charge >= 0.3 is 6.03 Å². The Kier molecular flexibility index (Phi) is 7.99. The van der Waals surface area contributed by atoms with E-state index in [-0.39, 0.29) is 30.9 Å². The predicted molar refractivity (Wildman–Crippen MR) is 152 cm³/mol. The molecule has 39 heavy (non-hydrogen) atoms. The number of urea groups is 1. The summed E-state index contributed by atoms with van der Waals surface area (Å²) in [6, 6.07) is 24.4. The van der Waals surface area contributed by atoms with Gasteiger partial charge in [0, 0.05) is 31.0 Å². The molecule has 202 valence electrons. The van der Waals surface area contributed by atoms with Gasteiger partial charge in [0.15, 0.2) is 0 Å². The van der Waals surface area contributed by atoms with Crippen molar-refractivity contribution >= 4 is 33.8 Å². The van der Waals surface area contributed by atoms with Crippen LogP contribution in [0, 0.1) is 6.92 Å². The third-order valence-corrected chi connectivity index (χ3v) is 7.93. The SMILES string of the molecule is Cc1ccccc1CN1C[C@@H]2N(C(=O)CN(C)N2C(=O)NCc2ccc(Br)cc2)C(Cc2ccccc2)C1=O. The lowest BCUT2D eigenvalue weighted by molar-refractivity contribution is -0.187. The van der Waals surface area contributed by atoms with Gasteiger partial charge in [0.2, 0.25) is 11.8 Å². The Morgan fingerprint density at radius 3 is 2.36 bits per heavy atom. The normalized spacial score (nSPS) is 19.7. The van der Waals surface area contributed by atoms with Gasteiger partial charge in [-0.15, -0.1) is 0 Å². The topological polar surface area (TPSA) is 76.2 Å². The first-order chi connectivity index (χ1) is 18.8. The van der Waals surface area contributed by atoms with Crippen LogP contribution in [0.25, 0.3) is 0 Å². The van der Waals surface area contributed by atoms with Gasteiger partial charge in [-0.3, -0.25) is 9.59 Å². The molecule has 1 N–H and O–H groups in total. The van der Waals surface area contributed by atoms with Crippen molar-refractivity contribution in [1.29, 1.82) is 0 Å². The van der Waals surface area contributed by atoms with Crippen molar-refractivity contribution in [3.05, 3.63) is 106 Å². The minimum absolute atomic E-state index is 0.0125. The van der Waals surface area contributed by atoms with Crippen molar-refractivity contribution in [3.63, 3.8) is 0 Å². The van der Waals surface area contributed by atoms with Gasteiger partial charge in [-0.2, -0.15) is 0 Å². The molecule has 1 unspecified atom stereocenters. The van der Waals surface area contributed by atoms with E-state index >= 15 is 0 Å². The molecule has 2 fully saturated rings. The molecule has 2 aliphatic heterocycles. The molecule has 0 aliphatic carbocycles. The van der Waals surface area contributed by atoms with Crippen LogP contribution < -0.4 is 5.32 Å². The molecule has 3 aromatic carbocycles. The second-order valence-electron chi connectivity index (χ2n) is 10.1. The lowest BCUT2D eigenvalue weighted by atomic mass is 9.98. The van der Waals surface area contributed by atoms with E-state index in [1.54, 1.807) is 26.9 Å². The van der Waals surface area contributed by atoms with Gasteiger partial charge in [-0.05, 0) is 41.3 Å². The van der Waals surface area contributed by atoms with Crippen LogP contribution in [0.4, 0.5) is 4.79 Å². The highest BCUT2D eigenvalue weighted by atomic mass is 79.9. The Bertz CT molecular complexity index is 1350. The quantitative estimate of drug-likeness (QED) is 0.472. The van der Waals surface area contributed by atoms with Gasteiger partial charge in [0.1, 0.15) is 12.2 Å². The highest BCUT2D eigenvalue weighted by Gasteiger charge is 2.50. The monoisotopic (exact) mass is 589 g/mol. The number of piperazine rings is 1. The fourth-order valence-corrected chi connectivity index (χ4v) is 5.60. The molecule has 0 saturated carbocycles. The number of carbonyl (C=O) groups excluding carboxylic acids is 3. The number of benzene rings is 3. The van der Waals surface area contributed by atoms with Crippen LogP contribution in [-0.4, -0.2) is 70.0 Å². The van der Waals surface area contributed by atoms with Crippen LogP contribution >= 0.6 is 15.9 Å². The third kappa shape index (κ3) is 5.84. The van der Waals surface area contributed by atoms with Crippen LogP contribution in [0.2, 0.25) is 0 Å². The van der Waals surface area contributed by atoms with E-state index in [1.807, 2.05) is 85.8 Å². The molecule has 0 aromatic heterocycles. The molecule has 2 saturated heterocycles. The molecule has 2 heterocycles. The average molecular weight is 591 g/mol. The Balaban J connectivity index is 1.45. The summed E-state index contributed by atoms with van der Waals surface area (Å²) in [5.41, 5.74) is 4.05. The first kappa shape index (κ1) is 26.9. The highest BCUT2D eigenvalue weighted by Crippen LogP contribution is 2.29. The average Bonchev–Trinajstić information content (AvgIpc) is 2.92. The number of hydrogen-bond acceptors (Lipinski definition) is 4. The van der Waals surface area contributed by atoms with E-state index in [4.69, 9.17) is 0 Å². The van der Waals surface area contributed by atoms with Gasteiger partial charge in [0.05, 0.1) is 13.1 Å². The molecule has 9 heteroatoms. The van der Waals surface area contributed by atoms with E-state index in [1.165, 1.54) is 0 Å². The molecule has 2 aliphatic rings. The largest absolute Gasteiger partial charge is 0.334 e. The number of hydrogen-bond donors (Lipinski definition) is 1.